The Morgan fingerprint density at radius 1 is 1.23 bits per heavy atom. The van der Waals surface area contributed by atoms with E-state index in [4.69, 9.17) is 14.7 Å². The van der Waals surface area contributed by atoms with Gasteiger partial charge in [0.1, 0.15) is 11.6 Å². The van der Waals surface area contributed by atoms with E-state index in [9.17, 15) is 4.39 Å². The molecular weight excluding hydrogens is 403 g/mol. The molecule has 3 aliphatic rings. The molecule has 7 heteroatoms. The van der Waals surface area contributed by atoms with Gasteiger partial charge in [0.2, 0.25) is 5.95 Å². The van der Waals surface area contributed by atoms with Gasteiger partial charge in [-0.05, 0) is 49.8 Å². The zero-order valence-electron chi connectivity index (χ0n) is 17.7. The fraction of sp³-hybridized carbons (Fsp3) is 0.565. The van der Waals surface area contributed by atoms with E-state index in [1.807, 2.05) is 12.3 Å². The first kappa shape index (κ1) is 21.3. The molecule has 0 amide bonds. The summed E-state index contributed by atoms with van der Waals surface area (Å²) in [6.07, 6.45) is 7.69. The van der Waals surface area contributed by atoms with Gasteiger partial charge >= 0.3 is 0 Å². The first-order valence-electron chi connectivity index (χ1n) is 10.8. The van der Waals surface area contributed by atoms with Crippen molar-refractivity contribution in [3.8, 4) is 5.75 Å². The summed E-state index contributed by atoms with van der Waals surface area (Å²) in [4.78, 5) is 14.5. The van der Waals surface area contributed by atoms with Gasteiger partial charge in [-0.2, -0.15) is 0 Å². The molecule has 2 aromatic rings. The van der Waals surface area contributed by atoms with Crippen LogP contribution in [0.3, 0.4) is 0 Å². The minimum Gasteiger partial charge on any atom is -0.497 e. The quantitative estimate of drug-likeness (QED) is 0.709. The maximum absolute atomic E-state index is 14.4. The van der Waals surface area contributed by atoms with Crippen LogP contribution in [0.25, 0.3) is 0 Å². The van der Waals surface area contributed by atoms with E-state index in [0.717, 1.165) is 38.3 Å². The van der Waals surface area contributed by atoms with Gasteiger partial charge in [-0.25, -0.2) is 14.4 Å². The van der Waals surface area contributed by atoms with Gasteiger partial charge in [-0.3, -0.25) is 4.90 Å². The minimum atomic E-state index is -0.165. The molecule has 0 saturated carbocycles. The molecule has 3 atom stereocenters. The van der Waals surface area contributed by atoms with Crippen molar-refractivity contribution in [3.63, 3.8) is 0 Å². The lowest BCUT2D eigenvalue weighted by molar-refractivity contribution is 0.164. The molecule has 2 saturated heterocycles. The molecular formula is C23H30ClFN4O. The van der Waals surface area contributed by atoms with Crippen LogP contribution in [0.5, 0.6) is 5.75 Å². The number of hydrogen-bond donors (Lipinski definition) is 0. The van der Waals surface area contributed by atoms with Gasteiger partial charge < -0.3 is 9.64 Å². The summed E-state index contributed by atoms with van der Waals surface area (Å²) < 4.78 is 19.7. The number of methoxy groups -OCH3 is 1. The van der Waals surface area contributed by atoms with Crippen LogP contribution < -0.4 is 9.64 Å². The summed E-state index contributed by atoms with van der Waals surface area (Å²) in [6, 6.07) is 5.70. The molecule has 162 valence electrons. The Bertz CT molecular complexity index is 911. The van der Waals surface area contributed by atoms with Crippen LogP contribution in [0, 0.1) is 11.7 Å². The Morgan fingerprint density at radius 3 is 2.90 bits per heavy atom. The van der Waals surface area contributed by atoms with Gasteiger partial charge in [-0.1, -0.05) is 6.92 Å². The monoisotopic (exact) mass is 432 g/mol. The third-order valence-corrected chi connectivity index (χ3v) is 6.86. The second-order valence-corrected chi connectivity index (χ2v) is 8.85. The average molecular weight is 433 g/mol. The van der Waals surface area contributed by atoms with E-state index in [1.54, 1.807) is 13.2 Å². The lowest BCUT2D eigenvalue weighted by Gasteiger charge is -2.37. The maximum atomic E-state index is 14.4. The van der Waals surface area contributed by atoms with Crippen molar-refractivity contribution in [1.29, 1.82) is 0 Å². The standard InChI is InChI=1S/C23H29FN4O.ClH/c1-15-4-3-9-27(13-15)23-25-12-19-21(26-23)11-17-5-8-22(19)28(17)14-16-10-18(29-2)6-7-20(16)24;/h6-7,10,12,15,17,22H,3-5,8-9,11,13-14H2,1-2H3;1H. The molecule has 0 radical (unpaired) electrons. The smallest absolute Gasteiger partial charge is 0.225 e. The fourth-order valence-electron chi connectivity index (χ4n) is 5.33. The minimum absolute atomic E-state index is 0. The van der Waals surface area contributed by atoms with E-state index < -0.39 is 0 Å². The second-order valence-electron chi connectivity index (χ2n) is 8.85. The molecule has 3 aliphatic heterocycles. The molecule has 4 heterocycles. The third-order valence-electron chi connectivity index (χ3n) is 6.86. The van der Waals surface area contributed by atoms with Gasteiger partial charge in [0.05, 0.1) is 12.8 Å². The lowest BCUT2D eigenvalue weighted by Crippen LogP contribution is -2.39. The average Bonchev–Trinajstić information content (AvgIpc) is 3.01. The molecule has 1 aromatic carbocycles. The summed E-state index contributed by atoms with van der Waals surface area (Å²) in [5.41, 5.74) is 3.13. The van der Waals surface area contributed by atoms with Gasteiger partial charge in [0.25, 0.3) is 0 Å². The van der Waals surface area contributed by atoms with E-state index in [1.165, 1.54) is 30.2 Å². The van der Waals surface area contributed by atoms with Crippen molar-refractivity contribution in [1.82, 2.24) is 14.9 Å². The highest BCUT2D eigenvalue weighted by molar-refractivity contribution is 5.85. The number of ether oxygens (including phenoxy) is 1. The number of aromatic nitrogens is 2. The van der Waals surface area contributed by atoms with E-state index in [-0.39, 0.29) is 24.3 Å². The van der Waals surface area contributed by atoms with Crippen molar-refractivity contribution in [2.45, 2.75) is 57.7 Å². The van der Waals surface area contributed by atoms with Crippen molar-refractivity contribution in [2.75, 3.05) is 25.1 Å². The summed E-state index contributed by atoms with van der Waals surface area (Å²) in [5, 5.41) is 0. The van der Waals surface area contributed by atoms with Crippen molar-refractivity contribution >= 4 is 18.4 Å². The van der Waals surface area contributed by atoms with Crippen LogP contribution in [0.1, 0.15) is 55.5 Å². The molecule has 0 aliphatic carbocycles. The van der Waals surface area contributed by atoms with Gasteiger partial charge in [0.15, 0.2) is 0 Å². The van der Waals surface area contributed by atoms with Crippen molar-refractivity contribution < 1.29 is 9.13 Å². The van der Waals surface area contributed by atoms with E-state index in [0.29, 0.717) is 29.8 Å². The van der Waals surface area contributed by atoms with Gasteiger partial charge in [-0.15, -0.1) is 12.4 Å². The molecule has 1 aromatic heterocycles. The van der Waals surface area contributed by atoms with Crippen LogP contribution in [-0.4, -0.2) is 41.1 Å². The predicted molar refractivity (Wildman–Crippen MR) is 118 cm³/mol. The highest BCUT2D eigenvalue weighted by atomic mass is 35.5. The topological polar surface area (TPSA) is 41.5 Å². The first-order valence-corrected chi connectivity index (χ1v) is 10.8. The third kappa shape index (κ3) is 3.87. The zero-order chi connectivity index (χ0) is 20.0. The number of hydrogen-bond acceptors (Lipinski definition) is 5. The molecule has 30 heavy (non-hydrogen) atoms. The fourth-order valence-corrected chi connectivity index (χ4v) is 5.33. The Kier molecular flexibility index (Phi) is 6.16. The highest BCUT2D eigenvalue weighted by Crippen LogP contribution is 2.44. The molecule has 2 fully saturated rings. The zero-order valence-corrected chi connectivity index (χ0v) is 18.5. The van der Waals surface area contributed by atoms with Crippen LogP contribution in [-0.2, 0) is 13.0 Å². The molecule has 5 rings (SSSR count). The van der Waals surface area contributed by atoms with Crippen LogP contribution in [0.15, 0.2) is 24.4 Å². The maximum Gasteiger partial charge on any atom is 0.225 e. The Hall–Kier alpha value is -1.92. The van der Waals surface area contributed by atoms with Crippen LogP contribution in [0.2, 0.25) is 0 Å². The number of benzene rings is 1. The van der Waals surface area contributed by atoms with Crippen molar-refractivity contribution in [3.05, 3.63) is 47.0 Å². The van der Waals surface area contributed by atoms with Crippen molar-refractivity contribution in [2.24, 2.45) is 5.92 Å². The normalized spacial score (nSPS) is 25.6. The first-order chi connectivity index (χ1) is 14.1. The van der Waals surface area contributed by atoms with Gasteiger partial charge in [0, 0.05) is 55.5 Å². The number of fused-ring (bicyclic) bond motifs is 4. The summed E-state index contributed by atoms with van der Waals surface area (Å²) in [5.74, 6) is 2.13. The van der Waals surface area contributed by atoms with E-state index in [2.05, 4.69) is 16.7 Å². The SMILES string of the molecule is COc1ccc(F)c(CN2C3CCC2c2cnc(N4CCCC(C)C4)nc2C3)c1.Cl. The second kappa shape index (κ2) is 8.67. The van der Waals surface area contributed by atoms with E-state index >= 15 is 0 Å². The Morgan fingerprint density at radius 2 is 2.10 bits per heavy atom. The Balaban J connectivity index is 0.00000218. The molecule has 5 nitrogen and oxygen atoms in total. The number of anilines is 1. The number of piperidine rings is 1. The van der Waals surface area contributed by atoms with Crippen LogP contribution in [0.4, 0.5) is 10.3 Å². The largest absolute Gasteiger partial charge is 0.497 e. The predicted octanol–water partition coefficient (Wildman–Crippen LogP) is 4.54. The highest BCUT2D eigenvalue weighted by Gasteiger charge is 2.41. The number of nitrogens with zero attached hydrogens (tertiary/aromatic N) is 4. The van der Waals surface area contributed by atoms with Crippen LogP contribution >= 0.6 is 12.4 Å². The number of halogens is 2. The number of rotatable bonds is 4. The summed E-state index contributed by atoms with van der Waals surface area (Å²) >= 11 is 0. The molecule has 2 bridgehead atoms. The molecule has 0 N–H and O–H groups in total. The lowest BCUT2D eigenvalue weighted by atomic mass is 9.98. The molecule has 0 spiro atoms. The summed E-state index contributed by atoms with van der Waals surface area (Å²) in [6.45, 7) is 5.01. The summed E-state index contributed by atoms with van der Waals surface area (Å²) in [7, 11) is 1.62. The Labute approximate surface area is 184 Å². The molecule has 3 unspecified atom stereocenters.